The topological polar surface area (TPSA) is 59.5 Å². The molecule has 1 aromatic rings. The Bertz CT molecular complexity index is 419. The number of nitrogens with zero attached hydrogens (tertiary/aromatic N) is 1. The highest BCUT2D eigenvalue weighted by molar-refractivity contribution is 5.85. The zero-order valence-electron chi connectivity index (χ0n) is 11.6. The Morgan fingerprint density at radius 1 is 1.47 bits per heavy atom. The number of furan rings is 1. The van der Waals surface area contributed by atoms with Gasteiger partial charge in [0, 0.05) is 19.5 Å². The number of carbonyl (C=O) groups is 1. The first-order chi connectivity index (χ1) is 8.56. The minimum atomic E-state index is 0. The van der Waals surface area contributed by atoms with Crippen LogP contribution < -0.4 is 5.73 Å². The molecular weight excluding hydrogens is 264 g/mol. The third kappa shape index (κ3) is 4.25. The van der Waals surface area contributed by atoms with Crippen LogP contribution in [0.1, 0.15) is 37.2 Å². The third-order valence-electron chi connectivity index (χ3n) is 3.77. The van der Waals surface area contributed by atoms with Crippen molar-refractivity contribution in [2.75, 3.05) is 7.05 Å². The summed E-state index contributed by atoms with van der Waals surface area (Å²) in [6.07, 6.45) is 3.86. The molecule has 2 atom stereocenters. The molecule has 108 valence electrons. The highest BCUT2D eigenvalue weighted by atomic mass is 35.5. The van der Waals surface area contributed by atoms with Crippen LogP contribution in [-0.2, 0) is 11.3 Å². The predicted molar refractivity (Wildman–Crippen MR) is 77.1 cm³/mol. The van der Waals surface area contributed by atoms with Gasteiger partial charge < -0.3 is 15.1 Å². The van der Waals surface area contributed by atoms with E-state index in [1.165, 1.54) is 0 Å². The first-order valence-electron chi connectivity index (χ1n) is 6.61. The molecule has 1 fully saturated rings. The molecule has 0 aliphatic heterocycles. The summed E-state index contributed by atoms with van der Waals surface area (Å²) >= 11 is 0. The number of carbonyl (C=O) groups excluding carboxylic acids is 1. The summed E-state index contributed by atoms with van der Waals surface area (Å²) < 4.78 is 5.48. The number of amides is 1. The van der Waals surface area contributed by atoms with Gasteiger partial charge in [-0.1, -0.05) is 6.42 Å². The molecular formula is C14H23ClN2O2. The second kappa shape index (κ2) is 6.96. The van der Waals surface area contributed by atoms with Crippen molar-refractivity contribution in [3.63, 3.8) is 0 Å². The molecule has 1 aliphatic rings. The van der Waals surface area contributed by atoms with Crippen molar-refractivity contribution >= 4 is 18.3 Å². The largest absolute Gasteiger partial charge is 0.464 e. The number of aryl methyl sites for hydroxylation is 1. The molecule has 19 heavy (non-hydrogen) atoms. The number of rotatable bonds is 4. The van der Waals surface area contributed by atoms with E-state index in [0.29, 0.717) is 18.9 Å². The van der Waals surface area contributed by atoms with Crippen molar-refractivity contribution in [2.45, 2.75) is 45.2 Å². The fraction of sp³-hybridized carbons (Fsp3) is 0.643. The average molecular weight is 287 g/mol. The quantitative estimate of drug-likeness (QED) is 0.925. The molecule has 1 saturated carbocycles. The van der Waals surface area contributed by atoms with Gasteiger partial charge in [-0.2, -0.15) is 0 Å². The fourth-order valence-corrected chi connectivity index (χ4v) is 2.59. The summed E-state index contributed by atoms with van der Waals surface area (Å²) in [6.45, 7) is 2.44. The molecule has 1 aromatic heterocycles. The van der Waals surface area contributed by atoms with Gasteiger partial charge in [0.05, 0.1) is 6.54 Å². The number of halogens is 1. The van der Waals surface area contributed by atoms with Gasteiger partial charge in [-0.25, -0.2) is 0 Å². The van der Waals surface area contributed by atoms with Gasteiger partial charge in [0.15, 0.2) is 0 Å². The van der Waals surface area contributed by atoms with E-state index >= 15 is 0 Å². The first kappa shape index (κ1) is 16.1. The van der Waals surface area contributed by atoms with Gasteiger partial charge in [-0.3, -0.25) is 4.79 Å². The predicted octanol–water partition coefficient (Wildman–Crippen LogP) is 2.49. The standard InChI is InChI=1S/C14H22N2O2.ClH/c1-10-6-7-12(18-10)9-16(2)14(17)8-11-4-3-5-13(11)15;/h6-7,11,13H,3-5,8-9,15H2,1-2H3;1H/t11-,13+;/m0./s1. The Labute approximate surface area is 120 Å². The zero-order valence-corrected chi connectivity index (χ0v) is 12.4. The van der Waals surface area contributed by atoms with Crippen LogP contribution in [0.5, 0.6) is 0 Å². The lowest BCUT2D eigenvalue weighted by Gasteiger charge is -2.20. The Hall–Kier alpha value is -1.00. The second-order valence-corrected chi connectivity index (χ2v) is 5.32. The molecule has 0 radical (unpaired) electrons. The number of hydrogen-bond acceptors (Lipinski definition) is 3. The first-order valence-corrected chi connectivity index (χ1v) is 6.61. The SMILES string of the molecule is Cc1ccc(CN(C)C(=O)C[C@@H]2CCC[C@H]2N)o1.Cl. The van der Waals surface area contributed by atoms with Gasteiger partial charge in [0.2, 0.25) is 5.91 Å². The summed E-state index contributed by atoms with van der Waals surface area (Å²) in [6, 6.07) is 4.04. The van der Waals surface area contributed by atoms with Crippen LogP contribution in [0.15, 0.2) is 16.5 Å². The molecule has 1 amide bonds. The maximum Gasteiger partial charge on any atom is 0.223 e. The molecule has 0 unspecified atom stereocenters. The lowest BCUT2D eigenvalue weighted by molar-refractivity contribution is -0.131. The minimum Gasteiger partial charge on any atom is -0.464 e. The monoisotopic (exact) mass is 286 g/mol. The Morgan fingerprint density at radius 3 is 2.74 bits per heavy atom. The van der Waals surface area contributed by atoms with Crippen molar-refractivity contribution in [1.82, 2.24) is 4.90 Å². The molecule has 2 N–H and O–H groups in total. The van der Waals surface area contributed by atoms with E-state index in [1.807, 2.05) is 26.1 Å². The van der Waals surface area contributed by atoms with E-state index in [-0.39, 0.29) is 24.4 Å². The minimum absolute atomic E-state index is 0. The third-order valence-corrected chi connectivity index (χ3v) is 3.77. The fourth-order valence-electron chi connectivity index (χ4n) is 2.59. The van der Waals surface area contributed by atoms with Gasteiger partial charge >= 0.3 is 0 Å². The van der Waals surface area contributed by atoms with Crippen LogP contribution >= 0.6 is 12.4 Å². The molecule has 5 heteroatoms. The maximum atomic E-state index is 12.1. The average Bonchev–Trinajstić information content (AvgIpc) is 2.89. The van der Waals surface area contributed by atoms with Gasteiger partial charge in [0.25, 0.3) is 0 Å². The summed E-state index contributed by atoms with van der Waals surface area (Å²) in [7, 11) is 1.82. The van der Waals surface area contributed by atoms with Crippen LogP contribution in [0.3, 0.4) is 0 Å². The van der Waals surface area contributed by atoms with Gasteiger partial charge in [-0.15, -0.1) is 12.4 Å². The van der Waals surface area contributed by atoms with Crippen molar-refractivity contribution in [3.05, 3.63) is 23.7 Å². The molecule has 1 heterocycles. The van der Waals surface area contributed by atoms with Crippen LogP contribution in [0.2, 0.25) is 0 Å². The van der Waals surface area contributed by atoms with E-state index < -0.39 is 0 Å². The van der Waals surface area contributed by atoms with Crippen LogP contribution in [0.4, 0.5) is 0 Å². The number of nitrogens with two attached hydrogens (primary N) is 1. The smallest absolute Gasteiger partial charge is 0.223 e. The molecule has 0 aromatic carbocycles. The zero-order chi connectivity index (χ0) is 13.1. The molecule has 0 saturated heterocycles. The van der Waals surface area contributed by atoms with E-state index in [0.717, 1.165) is 30.8 Å². The molecule has 4 nitrogen and oxygen atoms in total. The van der Waals surface area contributed by atoms with Crippen LogP contribution in [-0.4, -0.2) is 23.9 Å². The van der Waals surface area contributed by atoms with Crippen molar-refractivity contribution in [2.24, 2.45) is 11.7 Å². The summed E-state index contributed by atoms with van der Waals surface area (Å²) in [5.41, 5.74) is 5.99. The van der Waals surface area contributed by atoms with E-state index in [4.69, 9.17) is 10.2 Å². The Balaban J connectivity index is 0.00000180. The second-order valence-electron chi connectivity index (χ2n) is 5.32. The molecule has 1 aliphatic carbocycles. The highest BCUT2D eigenvalue weighted by Crippen LogP contribution is 2.27. The van der Waals surface area contributed by atoms with E-state index in [2.05, 4.69) is 0 Å². The molecule has 2 rings (SSSR count). The molecule has 0 bridgehead atoms. The normalized spacial score (nSPS) is 22.1. The highest BCUT2D eigenvalue weighted by Gasteiger charge is 2.27. The van der Waals surface area contributed by atoms with Crippen molar-refractivity contribution < 1.29 is 9.21 Å². The summed E-state index contributed by atoms with van der Waals surface area (Å²) in [5, 5.41) is 0. The van der Waals surface area contributed by atoms with Crippen LogP contribution in [0.25, 0.3) is 0 Å². The lowest BCUT2D eigenvalue weighted by atomic mass is 9.99. The summed E-state index contributed by atoms with van der Waals surface area (Å²) in [5.74, 6) is 2.23. The molecule has 0 spiro atoms. The van der Waals surface area contributed by atoms with Crippen molar-refractivity contribution in [3.8, 4) is 0 Å². The van der Waals surface area contributed by atoms with Crippen molar-refractivity contribution in [1.29, 1.82) is 0 Å². The van der Waals surface area contributed by atoms with E-state index in [1.54, 1.807) is 4.90 Å². The van der Waals surface area contributed by atoms with E-state index in [9.17, 15) is 4.79 Å². The van der Waals surface area contributed by atoms with Gasteiger partial charge in [0.1, 0.15) is 11.5 Å². The lowest BCUT2D eigenvalue weighted by Crippen LogP contribution is -2.32. The Morgan fingerprint density at radius 2 is 2.21 bits per heavy atom. The number of hydrogen-bond donors (Lipinski definition) is 1. The van der Waals surface area contributed by atoms with Crippen LogP contribution in [0, 0.1) is 12.8 Å². The Kier molecular flexibility index (Phi) is 5.88. The summed E-state index contributed by atoms with van der Waals surface area (Å²) in [4.78, 5) is 13.8. The maximum absolute atomic E-state index is 12.1. The van der Waals surface area contributed by atoms with Gasteiger partial charge in [-0.05, 0) is 37.8 Å².